The van der Waals surface area contributed by atoms with Crippen LogP contribution in [0.5, 0.6) is 0 Å². The van der Waals surface area contributed by atoms with Gasteiger partial charge >= 0.3 is 6.03 Å². The molecular formula is C14H20N4O2. The normalized spacial score (nSPS) is 18.4. The molecule has 20 heavy (non-hydrogen) atoms. The summed E-state index contributed by atoms with van der Waals surface area (Å²) in [7, 11) is 0. The van der Waals surface area contributed by atoms with Crippen molar-refractivity contribution in [3.63, 3.8) is 0 Å². The summed E-state index contributed by atoms with van der Waals surface area (Å²) in [6, 6.07) is 5.34. The van der Waals surface area contributed by atoms with Crippen LogP contribution in [0.1, 0.15) is 26.0 Å². The van der Waals surface area contributed by atoms with Gasteiger partial charge in [-0.3, -0.25) is 9.78 Å². The predicted octanol–water partition coefficient (Wildman–Crippen LogP) is 0.890. The van der Waals surface area contributed by atoms with Crippen molar-refractivity contribution in [3.8, 4) is 0 Å². The molecule has 1 unspecified atom stereocenters. The Labute approximate surface area is 118 Å². The standard InChI is InChI=1S/C14H20N4O2/c1-10(2)18-9-12(7-13(18)19)17-14(20)16-8-11-5-3-4-6-15-11/h3-6,10,12H,7-9H2,1-2H3,(H2,16,17,20). The summed E-state index contributed by atoms with van der Waals surface area (Å²) < 4.78 is 0. The fourth-order valence-corrected chi connectivity index (χ4v) is 2.24. The molecule has 0 spiro atoms. The molecule has 1 aliphatic heterocycles. The molecule has 0 saturated carbocycles. The molecule has 2 N–H and O–H groups in total. The summed E-state index contributed by atoms with van der Waals surface area (Å²) in [6.07, 6.45) is 2.06. The van der Waals surface area contributed by atoms with E-state index >= 15 is 0 Å². The molecule has 0 aliphatic carbocycles. The average molecular weight is 276 g/mol. The molecule has 2 rings (SSSR count). The highest BCUT2D eigenvalue weighted by Gasteiger charge is 2.31. The zero-order chi connectivity index (χ0) is 14.5. The van der Waals surface area contributed by atoms with Crippen molar-refractivity contribution in [2.24, 2.45) is 0 Å². The van der Waals surface area contributed by atoms with Gasteiger partial charge < -0.3 is 15.5 Å². The summed E-state index contributed by atoms with van der Waals surface area (Å²) in [6.45, 7) is 4.90. The highest BCUT2D eigenvalue weighted by Crippen LogP contribution is 2.13. The molecule has 0 aromatic carbocycles. The molecule has 0 bridgehead atoms. The fourth-order valence-electron chi connectivity index (χ4n) is 2.24. The number of carbonyl (C=O) groups excluding carboxylic acids is 2. The average Bonchev–Trinajstić information content (AvgIpc) is 2.78. The maximum atomic E-state index is 11.8. The topological polar surface area (TPSA) is 74.3 Å². The van der Waals surface area contributed by atoms with Gasteiger partial charge in [-0.15, -0.1) is 0 Å². The van der Waals surface area contributed by atoms with Crippen molar-refractivity contribution in [3.05, 3.63) is 30.1 Å². The van der Waals surface area contributed by atoms with E-state index < -0.39 is 0 Å². The van der Waals surface area contributed by atoms with Gasteiger partial charge in [0.05, 0.1) is 18.3 Å². The third-order valence-corrected chi connectivity index (χ3v) is 3.27. The van der Waals surface area contributed by atoms with Crippen LogP contribution in [0.25, 0.3) is 0 Å². The van der Waals surface area contributed by atoms with Gasteiger partial charge in [0.1, 0.15) is 0 Å². The second-order valence-electron chi connectivity index (χ2n) is 5.19. The Kier molecular flexibility index (Phi) is 4.55. The minimum atomic E-state index is -0.265. The van der Waals surface area contributed by atoms with Crippen LogP contribution in [-0.4, -0.2) is 40.5 Å². The van der Waals surface area contributed by atoms with E-state index in [1.807, 2.05) is 32.0 Å². The number of nitrogens with one attached hydrogen (secondary N) is 2. The number of hydrogen-bond acceptors (Lipinski definition) is 3. The quantitative estimate of drug-likeness (QED) is 0.857. The van der Waals surface area contributed by atoms with Crippen molar-refractivity contribution < 1.29 is 9.59 Å². The van der Waals surface area contributed by atoms with E-state index in [1.54, 1.807) is 11.1 Å². The van der Waals surface area contributed by atoms with Crippen LogP contribution in [0.4, 0.5) is 4.79 Å². The SMILES string of the molecule is CC(C)N1CC(NC(=O)NCc2ccccn2)CC1=O. The first-order valence-corrected chi connectivity index (χ1v) is 6.80. The van der Waals surface area contributed by atoms with Crippen LogP contribution in [-0.2, 0) is 11.3 Å². The molecule has 108 valence electrons. The van der Waals surface area contributed by atoms with Gasteiger partial charge in [-0.2, -0.15) is 0 Å². The number of nitrogens with zero attached hydrogens (tertiary/aromatic N) is 2. The summed E-state index contributed by atoms with van der Waals surface area (Å²) in [4.78, 5) is 29.4. The van der Waals surface area contributed by atoms with Crippen molar-refractivity contribution >= 4 is 11.9 Å². The first-order valence-electron chi connectivity index (χ1n) is 6.80. The molecule has 3 amide bonds. The fraction of sp³-hybridized carbons (Fsp3) is 0.500. The number of pyridine rings is 1. The lowest BCUT2D eigenvalue weighted by molar-refractivity contribution is -0.129. The van der Waals surface area contributed by atoms with E-state index in [-0.39, 0.29) is 24.0 Å². The molecule has 1 aromatic rings. The Morgan fingerprint density at radius 3 is 2.90 bits per heavy atom. The Bertz CT molecular complexity index is 475. The van der Waals surface area contributed by atoms with Crippen LogP contribution in [0.15, 0.2) is 24.4 Å². The van der Waals surface area contributed by atoms with Crippen LogP contribution in [0.3, 0.4) is 0 Å². The Balaban J connectivity index is 1.77. The van der Waals surface area contributed by atoms with Gasteiger partial charge in [0.2, 0.25) is 5.91 Å². The van der Waals surface area contributed by atoms with E-state index in [9.17, 15) is 9.59 Å². The Morgan fingerprint density at radius 2 is 2.30 bits per heavy atom. The number of aromatic nitrogens is 1. The lowest BCUT2D eigenvalue weighted by Gasteiger charge is -2.21. The van der Waals surface area contributed by atoms with E-state index in [2.05, 4.69) is 15.6 Å². The molecule has 0 radical (unpaired) electrons. The predicted molar refractivity (Wildman–Crippen MR) is 74.9 cm³/mol. The molecule has 2 heterocycles. The third-order valence-electron chi connectivity index (χ3n) is 3.27. The lowest BCUT2D eigenvalue weighted by Crippen LogP contribution is -2.43. The van der Waals surface area contributed by atoms with Crippen LogP contribution in [0.2, 0.25) is 0 Å². The van der Waals surface area contributed by atoms with E-state index in [4.69, 9.17) is 0 Å². The number of carbonyl (C=O) groups is 2. The van der Waals surface area contributed by atoms with Crippen molar-refractivity contribution in [2.45, 2.75) is 38.9 Å². The minimum Gasteiger partial charge on any atom is -0.338 e. The van der Waals surface area contributed by atoms with Crippen LogP contribution < -0.4 is 10.6 Å². The smallest absolute Gasteiger partial charge is 0.315 e. The van der Waals surface area contributed by atoms with Gasteiger partial charge in [-0.1, -0.05) is 6.07 Å². The Hall–Kier alpha value is -2.11. The maximum Gasteiger partial charge on any atom is 0.315 e. The van der Waals surface area contributed by atoms with E-state index in [1.165, 1.54) is 0 Å². The summed E-state index contributed by atoms with van der Waals surface area (Å²) in [5.74, 6) is 0.0926. The molecule has 6 nitrogen and oxygen atoms in total. The van der Waals surface area contributed by atoms with Gasteiger partial charge in [-0.05, 0) is 26.0 Å². The van der Waals surface area contributed by atoms with Crippen molar-refractivity contribution in [1.82, 2.24) is 20.5 Å². The summed E-state index contributed by atoms with van der Waals surface area (Å²) in [5.41, 5.74) is 0.800. The highest BCUT2D eigenvalue weighted by atomic mass is 16.2. The van der Waals surface area contributed by atoms with Gasteiger partial charge in [0.25, 0.3) is 0 Å². The van der Waals surface area contributed by atoms with Crippen molar-refractivity contribution in [1.29, 1.82) is 0 Å². The van der Waals surface area contributed by atoms with E-state index in [0.29, 0.717) is 19.5 Å². The molecule has 6 heteroatoms. The number of likely N-dealkylation sites (tertiary alicyclic amines) is 1. The first-order chi connectivity index (χ1) is 9.56. The highest BCUT2D eigenvalue weighted by molar-refractivity contribution is 5.81. The lowest BCUT2D eigenvalue weighted by atomic mass is 10.2. The zero-order valence-corrected chi connectivity index (χ0v) is 11.8. The molecule has 1 aliphatic rings. The summed E-state index contributed by atoms with van der Waals surface area (Å²) >= 11 is 0. The second kappa shape index (κ2) is 6.36. The number of amides is 3. The summed E-state index contributed by atoms with van der Waals surface area (Å²) in [5, 5.41) is 5.57. The number of rotatable bonds is 4. The van der Waals surface area contributed by atoms with Gasteiger partial charge in [-0.25, -0.2) is 4.79 Å². The number of hydrogen-bond donors (Lipinski definition) is 2. The zero-order valence-electron chi connectivity index (χ0n) is 11.8. The maximum absolute atomic E-state index is 11.8. The van der Waals surface area contributed by atoms with Gasteiger partial charge in [0.15, 0.2) is 0 Å². The minimum absolute atomic E-state index is 0.0926. The second-order valence-corrected chi connectivity index (χ2v) is 5.19. The first kappa shape index (κ1) is 14.3. The third kappa shape index (κ3) is 3.69. The van der Waals surface area contributed by atoms with Crippen LogP contribution >= 0.6 is 0 Å². The molecule has 1 fully saturated rings. The van der Waals surface area contributed by atoms with Crippen LogP contribution in [0, 0.1) is 0 Å². The van der Waals surface area contributed by atoms with E-state index in [0.717, 1.165) is 5.69 Å². The van der Waals surface area contributed by atoms with Crippen molar-refractivity contribution in [2.75, 3.05) is 6.54 Å². The molecule has 1 saturated heterocycles. The molecular weight excluding hydrogens is 256 g/mol. The monoisotopic (exact) mass is 276 g/mol. The number of urea groups is 1. The molecule has 1 atom stereocenters. The Morgan fingerprint density at radius 1 is 1.50 bits per heavy atom. The molecule has 1 aromatic heterocycles. The largest absolute Gasteiger partial charge is 0.338 e. The van der Waals surface area contributed by atoms with Gasteiger partial charge in [0, 0.05) is 25.2 Å².